The first-order chi connectivity index (χ1) is 14.2. The molecule has 0 aliphatic heterocycles. The van der Waals surface area contributed by atoms with Crippen LogP contribution in [0.5, 0.6) is 5.75 Å². The molecule has 1 heterocycles. The molecule has 7 nitrogen and oxygen atoms in total. The molecule has 29 heavy (non-hydrogen) atoms. The molecule has 2 N–H and O–H groups in total. The minimum atomic E-state index is 0.508. The summed E-state index contributed by atoms with van der Waals surface area (Å²) in [6.45, 7) is 6.95. The second kappa shape index (κ2) is 11.4. The van der Waals surface area contributed by atoms with E-state index in [9.17, 15) is 0 Å². The van der Waals surface area contributed by atoms with Gasteiger partial charge in [0.15, 0.2) is 5.96 Å². The van der Waals surface area contributed by atoms with Gasteiger partial charge in [0.05, 0.1) is 13.1 Å². The standard InChI is InChI=1S/C22H34N6O/c1-3-21-27-25-17-28(21)15-13-23-22(26-19-7-5-4-6-8-19)24-14-16-29-20-11-9-18(2)10-12-20/h9-12,17,19H,3-8,13-16H2,1-2H3,(H2,23,24,26). The molecular weight excluding hydrogens is 364 g/mol. The van der Waals surface area contributed by atoms with Crippen molar-refractivity contribution < 1.29 is 4.74 Å². The van der Waals surface area contributed by atoms with Gasteiger partial charge < -0.3 is 19.9 Å². The van der Waals surface area contributed by atoms with E-state index in [0.29, 0.717) is 25.7 Å². The summed E-state index contributed by atoms with van der Waals surface area (Å²) < 4.78 is 7.90. The molecule has 1 saturated carbocycles. The SMILES string of the molecule is CCc1nncn1CCN=C(NCCOc1ccc(C)cc1)NC1CCCCC1. The summed E-state index contributed by atoms with van der Waals surface area (Å²) in [5.74, 6) is 2.77. The predicted molar refractivity (Wildman–Crippen MR) is 116 cm³/mol. The van der Waals surface area contributed by atoms with Gasteiger partial charge >= 0.3 is 0 Å². The molecule has 1 aliphatic rings. The number of rotatable bonds is 9. The maximum Gasteiger partial charge on any atom is 0.191 e. The summed E-state index contributed by atoms with van der Waals surface area (Å²) in [4.78, 5) is 4.79. The molecule has 0 radical (unpaired) electrons. The lowest BCUT2D eigenvalue weighted by atomic mass is 9.96. The second-order valence-corrected chi connectivity index (χ2v) is 7.59. The Balaban J connectivity index is 1.49. The molecule has 0 spiro atoms. The first-order valence-electron chi connectivity index (χ1n) is 10.9. The highest BCUT2D eigenvalue weighted by atomic mass is 16.5. The smallest absolute Gasteiger partial charge is 0.191 e. The lowest BCUT2D eigenvalue weighted by Crippen LogP contribution is -2.45. The van der Waals surface area contributed by atoms with Crippen LogP contribution in [0.2, 0.25) is 0 Å². The number of nitrogens with one attached hydrogen (secondary N) is 2. The van der Waals surface area contributed by atoms with Gasteiger partial charge in [0.2, 0.25) is 0 Å². The van der Waals surface area contributed by atoms with Gasteiger partial charge in [-0.3, -0.25) is 4.99 Å². The quantitative estimate of drug-likeness (QED) is 0.386. The van der Waals surface area contributed by atoms with Gasteiger partial charge in [0.1, 0.15) is 24.5 Å². The molecule has 3 rings (SSSR count). The Morgan fingerprint density at radius 1 is 1.21 bits per heavy atom. The van der Waals surface area contributed by atoms with Crippen LogP contribution in [0.3, 0.4) is 0 Å². The average Bonchev–Trinajstić information content (AvgIpc) is 3.20. The molecule has 1 aliphatic carbocycles. The van der Waals surface area contributed by atoms with Gasteiger partial charge in [-0.25, -0.2) is 0 Å². The summed E-state index contributed by atoms with van der Waals surface area (Å²) in [6, 6.07) is 8.66. The van der Waals surface area contributed by atoms with Crippen molar-refractivity contribution in [2.75, 3.05) is 19.7 Å². The molecule has 1 fully saturated rings. The van der Waals surface area contributed by atoms with E-state index < -0.39 is 0 Å². The Morgan fingerprint density at radius 2 is 2.00 bits per heavy atom. The van der Waals surface area contributed by atoms with Crippen molar-refractivity contribution >= 4 is 5.96 Å². The zero-order valence-electron chi connectivity index (χ0n) is 17.7. The predicted octanol–water partition coefficient (Wildman–Crippen LogP) is 3.10. The van der Waals surface area contributed by atoms with Gasteiger partial charge in [0, 0.05) is 19.0 Å². The zero-order chi connectivity index (χ0) is 20.3. The van der Waals surface area contributed by atoms with Gasteiger partial charge in [-0.15, -0.1) is 10.2 Å². The molecule has 1 aromatic heterocycles. The van der Waals surface area contributed by atoms with Crippen LogP contribution in [0.4, 0.5) is 0 Å². The van der Waals surface area contributed by atoms with Crippen molar-refractivity contribution in [2.45, 2.75) is 65.0 Å². The molecule has 2 aromatic rings. The summed E-state index contributed by atoms with van der Waals surface area (Å²) in [5.41, 5.74) is 1.24. The largest absolute Gasteiger partial charge is 0.492 e. The highest BCUT2D eigenvalue weighted by Crippen LogP contribution is 2.17. The van der Waals surface area contributed by atoms with Gasteiger partial charge in [-0.2, -0.15) is 0 Å². The lowest BCUT2D eigenvalue weighted by Gasteiger charge is -2.25. The van der Waals surface area contributed by atoms with Crippen LogP contribution in [0.1, 0.15) is 50.4 Å². The van der Waals surface area contributed by atoms with Crippen molar-refractivity contribution in [1.82, 2.24) is 25.4 Å². The van der Waals surface area contributed by atoms with Crippen molar-refractivity contribution in [3.8, 4) is 5.75 Å². The van der Waals surface area contributed by atoms with Crippen LogP contribution in [0.25, 0.3) is 0 Å². The Labute approximate surface area is 174 Å². The van der Waals surface area contributed by atoms with Crippen LogP contribution in [-0.2, 0) is 13.0 Å². The zero-order valence-corrected chi connectivity index (χ0v) is 17.7. The van der Waals surface area contributed by atoms with E-state index in [1.165, 1.54) is 37.7 Å². The molecular formula is C22H34N6O. The van der Waals surface area contributed by atoms with E-state index in [1.54, 1.807) is 6.33 Å². The van der Waals surface area contributed by atoms with Crippen LogP contribution in [-0.4, -0.2) is 46.5 Å². The third-order valence-electron chi connectivity index (χ3n) is 5.25. The number of aromatic nitrogens is 3. The number of guanidine groups is 1. The number of hydrogen-bond acceptors (Lipinski definition) is 4. The minimum Gasteiger partial charge on any atom is -0.492 e. The summed E-state index contributed by atoms with van der Waals surface area (Å²) in [5, 5.41) is 15.2. The van der Waals surface area contributed by atoms with E-state index in [0.717, 1.165) is 30.5 Å². The van der Waals surface area contributed by atoms with Crippen molar-refractivity contribution in [3.05, 3.63) is 42.0 Å². The van der Waals surface area contributed by atoms with Crippen LogP contribution < -0.4 is 15.4 Å². The van der Waals surface area contributed by atoms with E-state index in [-0.39, 0.29) is 0 Å². The highest BCUT2D eigenvalue weighted by Gasteiger charge is 2.14. The lowest BCUT2D eigenvalue weighted by molar-refractivity contribution is 0.321. The third kappa shape index (κ3) is 7.07. The summed E-state index contributed by atoms with van der Waals surface area (Å²) >= 11 is 0. The Hall–Kier alpha value is -2.57. The van der Waals surface area contributed by atoms with Crippen molar-refractivity contribution in [3.63, 3.8) is 0 Å². The molecule has 158 valence electrons. The monoisotopic (exact) mass is 398 g/mol. The number of hydrogen-bond donors (Lipinski definition) is 2. The van der Waals surface area contributed by atoms with Gasteiger partial charge in [0.25, 0.3) is 0 Å². The fourth-order valence-corrected chi connectivity index (χ4v) is 3.57. The van der Waals surface area contributed by atoms with E-state index in [1.807, 2.05) is 12.1 Å². The first-order valence-corrected chi connectivity index (χ1v) is 10.9. The fourth-order valence-electron chi connectivity index (χ4n) is 3.57. The molecule has 7 heteroatoms. The molecule has 0 unspecified atom stereocenters. The number of nitrogens with zero attached hydrogens (tertiary/aromatic N) is 4. The molecule has 0 atom stereocenters. The average molecular weight is 399 g/mol. The number of aryl methyl sites for hydroxylation is 2. The number of benzene rings is 1. The van der Waals surface area contributed by atoms with Crippen molar-refractivity contribution in [2.24, 2.45) is 4.99 Å². The topological polar surface area (TPSA) is 76.4 Å². The fraction of sp³-hybridized carbons (Fsp3) is 0.591. The third-order valence-corrected chi connectivity index (χ3v) is 5.25. The molecule has 0 amide bonds. The maximum atomic E-state index is 5.83. The van der Waals surface area contributed by atoms with Gasteiger partial charge in [-0.05, 0) is 31.9 Å². The van der Waals surface area contributed by atoms with Crippen LogP contribution >= 0.6 is 0 Å². The van der Waals surface area contributed by atoms with E-state index in [4.69, 9.17) is 9.73 Å². The molecule has 1 aromatic carbocycles. The van der Waals surface area contributed by atoms with Gasteiger partial charge in [-0.1, -0.05) is 43.9 Å². The minimum absolute atomic E-state index is 0.508. The molecule has 0 bridgehead atoms. The van der Waals surface area contributed by atoms with Crippen LogP contribution in [0.15, 0.2) is 35.6 Å². The Bertz CT molecular complexity index is 749. The maximum absolute atomic E-state index is 5.83. The Kier molecular flexibility index (Phi) is 8.34. The highest BCUT2D eigenvalue weighted by molar-refractivity contribution is 5.80. The van der Waals surface area contributed by atoms with Crippen molar-refractivity contribution in [1.29, 1.82) is 0 Å². The van der Waals surface area contributed by atoms with Crippen LogP contribution in [0, 0.1) is 6.92 Å². The summed E-state index contributed by atoms with van der Waals surface area (Å²) in [6.07, 6.45) is 9.02. The normalized spacial score (nSPS) is 15.3. The summed E-state index contributed by atoms with van der Waals surface area (Å²) in [7, 11) is 0. The number of ether oxygens (including phenoxy) is 1. The first kappa shape index (κ1) is 21.1. The van der Waals surface area contributed by atoms with E-state index >= 15 is 0 Å². The van der Waals surface area contributed by atoms with E-state index in [2.05, 4.69) is 51.4 Å². The Morgan fingerprint density at radius 3 is 2.76 bits per heavy atom. The second-order valence-electron chi connectivity index (χ2n) is 7.59. The molecule has 0 saturated heterocycles. The number of aliphatic imine (C=N–C) groups is 1.